The second-order valence-electron chi connectivity index (χ2n) is 5.98. The predicted octanol–water partition coefficient (Wildman–Crippen LogP) is 3.25. The van der Waals surface area contributed by atoms with Gasteiger partial charge in [-0.1, -0.05) is 48.5 Å². The van der Waals surface area contributed by atoms with Crippen LogP contribution in [-0.2, 0) is 9.53 Å². The summed E-state index contributed by atoms with van der Waals surface area (Å²) in [5.74, 6) is -1.63. The zero-order valence-corrected chi connectivity index (χ0v) is 14.9. The summed E-state index contributed by atoms with van der Waals surface area (Å²) in [6.45, 7) is -0.431. The average molecular weight is 374 g/mol. The zero-order valence-electron chi connectivity index (χ0n) is 14.9. The highest BCUT2D eigenvalue weighted by Gasteiger charge is 2.15. The molecule has 0 spiro atoms. The molecule has 0 atom stereocenters. The average Bonchev–Trinajstić information content (AvgIpc) is 2.73. The van der Waals surface area contributed by atoms with E-state index in [-0.39, 0.29) is 0 Å². The molecule has 0 saturated heterocycles. The molecule has 0 aliphatic carbocycles. The van der Waals surface area contributed by atoms with Gasteiger partial charge in [-0.25, -0.2) is 4.79 Å². The minimum atomic E-state index is -0.585. The smallest absolute Gasteiger partial charge is 0.339 e. The van der Waals surface area contributed by atoms with Crippen LogP contribution in [0.1, 0.15) is 20.7 Å². The molecule has 0 aromatic heterocycles. The molecule has 0 heterocycles. The monoisotopic (exact) mass is 374 g/mol. The number of rotatable bonds is 6. The van der Waals surface area contributed by atoms with Gasteiger partial charge in [0.05, 0.1) is 5.56 Å². The molecule has 6 heteroatoms. The summed E-state index contributed by atoms with van der Waals surface area (Å²) in [5, 5.41) is 2.59. The molecule has 0 aliphatic rings. The molecule has 0 aliphatic heterocycles. The first kappa shape index (κ1) is 18.8. The van der Waals surface area contributed by atoms with Crippen LogP contribution in [-0.4, -0.2) is 24.4 Å². The lowest BCUT2D eigenvalue weighted by Gasteiger charge is -2.10. The Morgan fingerprint density at radius 3 is 2.14 bits per heavy atom. The maximum atomic E-state index is 12.5. The van der Waals surface area contributed by atoms with Crippen molar-refractivity contribution in [1.29, 1.82) is 0 Å². The van der Waals surface area contributed by atoms with Gasteiger partial charge in [0, 0.05) is 11.3 Å². The van der Waals surface area contributed by atoms with Gasteiger partial charge in [0.1, 0.15) is 0 Å². The molecule has 3 N–H and O–H groups in total. The van der Waals surface area contributed by atoms with Crippen molar-refractivity contribution < 1.29 is 19.1 Å². The maximum Gasteiger partial charge on any atom is 0.339 e. The van der Waals surface area contributed by atoms with Crippen LogP contribution in [0.4, 0.5) is 5.69 Å². The lowest BCUT2D eigenvalue weighted by atomic mass is 10.00. The molecule has 0 unspecified atom stereocenters. The topological polar surface area (TPSA) is 98.5 Å². The SMILES string of the molecule is NC(=O)c1ccc(NC(=O)COC(=O)c2ccccc2-c2ccccc2)cc1. The van der Waals surface area contributed by atoms with E-state index in [0.717, 1.165) is 11.1 Å². The van der Waals surface area contributed by atoms with E-state index in [2.05, 4.69) is 5.32 Å². The lowest BCUT2D eigenvalue weighted by Crippen LogP contribution is -2.21. The summed E-state index contributed by atoms with van der Waals surface area (Å²) in [5.41, 5.74) is 7.97. The number of esters is 1. The van der Waals surface area contributed by atoms with Gasteiger partial charge in [-0.2, -0.15) is 0 Å². The van der Waals surface area contributed by atoms with Crippen LogP contribution in [0.3, 0.4) is 0 Å². The van der Waals surface area contributed by atoms with Gasteiger partial charge in [-0.3, -0.25) is 9.59 Å². The standard InChI is InChI=1S/C22H18N2O4/c23-21(26)16-10-12-17(13-11-16)24-20(25)14-28-22(27)19-9-5-4-8-18(19)15-6-2-1-3-7-15/h1-13H,14H2,(H2,23,26)(H,24,25). The molecule has 0 saturated carbocycles. The molecule has 6 nitrogen and oxygen atoms in total. The Morgan fingerprint density at radius 1 is 0.821 bits per heavy atom. The summed E-state index contributed by atoms with van der Waals surface area (Å²) in [6.07, 6.45) is 0. The lowest BCUT2D eigenvalue weighted by molar-refractivity contribution is -0.119. The molecule has 2 amide bonds. The predicted molar refractivity (Wildman–Crippen MR) is 106 cm³/mol. The van der Waals surface area contributed by atoms with Gasteiger partial charge in [0.25, 0.3) is 5.91 Å². The number of nitrogens with two attached hydrogens (primary N) is 1. The Balaban J connectivity index is 1.63. The Labute approximate surface area is 161 Å². The largest absolute Gasteiger partial charge is 0.452 e. The third kappa shape index (κ3) is 4.62. The normalized spacial score (nSPS) is 10.1. The molecular formula is C22H18N2O4. The first-order valence-corrected chi connectivity index (χ1v) is 8.56. The molecule has 0 fully saturated rings. The van der Waals surface area contributed by atoms with Gasteiger partial charge < -0.3 is 15.8 Å². The van der Waals surface area contributed by atoms with Crippen molar-refractivity contribution in [2.45, 2.75) is 0 Å². The van der Waals surface area contributed by atoms with Gasteiger partial charge in [0.2, 0.25) is 5.91 Å². The molecule has 0 radical (unpaired) electrons. The molecule has 3 rings (SSSR count). The summed E-state index contributed by atoms with van der Waals surface area (Å²) < 4.78 is 5.16. The Hall–Kier alpha value is -3.93. The molecule has 28 heavy (non-hydrogen) atoms. The van der Waals surface area contributed by atoms with Crippen LogP contribution in [0.25, 0.3) is 11.1 Å². The minimum absolute atomic E-state index is 0.335. The number of anilines is 1. The number of carbonyl (C=O) groups is 3. The highest BCUT2D eigenvalue weighted by atomic mass is 16.5. The van der Waals surface area contributed by atoms with Crippen molar-refractivity contribution in [1.82, 2.24) is 0 Å². The maximum absolute atomic E-state index is 12.5. The molecule has 3 aromatic rings. The van der Waals surface area contributed by atoms with Crippen LogP contribution >= 0.6 is 0 Å². The highest BCUT2D eigenvalue weighted by Crippen LogP contribution is 2.24. The fraction of sp³-hybridized carbons (Fsp3) is 0.0455. The Kier molecular flexibility index (Phi) is 5.81. The van der Waals surface area contributed by atoms with E-state index >= 15 is 0 Å². The van der Waals surface area contributed by atoms with Crippen LogP contribution in [0.15, 0.2) is 78.9 Å². The summed E-state index contributed by atoms with van der Waals surface area (Å²) >= 11 is 0. The third-order valence-electron chi connectivity index (χ3n) is 4.02. The molecule has 0 bridgehead atoms. The van der Waals surface area contributed by atoms with Crippen LogP contribution in [0.2, 0.25) is 0 Å². The van der Waals surface area contributed by atoms with E-state index in [4.69, 9.17) is 10.5 Å². The summed E-state index contributed by atoms with van der Waals surface area (Å²) in [4.78, 5) is 35.6. The summed E-state index contributed by atoms with van der Waals surface area (Å²) in [7, 11) is 0. The number of hydrogen-bond donors (Lipinski definition) is 2. The third-order valence-corrected chi connectivity index (χ3v) is 4.02. The fourth-order valence-corrected chi connectivity index (χ4v) is 2.65. The number of hydrogen-bond acceptors (Lipinski definition) is 4. The Bertz CT molecular complexity index is 999. The van der Waals surface area contributed by atoms with Gasteiger partial charge >= 0.3 is 5.97 Å². The second kappa shape index (κ2) is 8.64. The van der Waals surface area contributed by atoms with Crippen molar-refractivity contribution in [3.63, 3.8) is 0 Å². The number of ether oxygens (including phenoxy) is 1. The quantitative estimate of drug-likeness (QED) is 0.647. The Morgan fingerprint density at radius 2 is 1.46 bits per heavy atom. The number of primary amides is 1. The van der Waals surface area contributed by atoms with Crippen molar-refractivity contribution in [2.75, 3.05) is 11.9 Å². The zero-order chi connectivity index (χ0) is 19.9. The van der Waals surface area contributed by atoms with E-state index in [1.807, 2.05) is 42.5 Å². The molecular weight excluding hydrogens is 356 g/mol. The highest BCUT2D eigenvalue weighted by molar-refractivity contribution is 6.00. The second-order valence-corrected chi connectivity index (χ2v) is 5.98. The van der Waals surface area contributed by atoms with E-state index in [0.29, 0.717) is 16.8 Å². The van der Waals surface area contributed by atoms with E-state index < -0.39 is 24.4 Å². The van der Waals surface area contributed by atoms with Crippen LogP contribution in [0.5, 0.6) is 0 Å². The number of nitrogens with one attached hydrogen (secondary N) is 1. The molecule has 3 aromatic carbocycles. The van der Waals surface area contributed by atoms with Gasteiger partial charge in [-0.15, -0.1) is 0 Å². The van der Waals surface area contributed by atoms with Crippen molar-refractivity contribution in [3.8, 4) is 11.1 Å². The summed E-state index contributed by atoms with van der Waals surface area (Å²) in [6, 6.07) is 22.6. The fourth-order valence-electron chi connectivity index (χ4n) is 2.65. The van der Waals surface area contributed by atoms with Crippen molar-refractivity contribution >= 4 is 23.5 Å². The van der Waals surface area contributed by atoms with Gasteiger partial charge in [-0.05, 0) is 41.5 Å². The van der Waals surface area contributed by atoms with Crippen LogP contribution < -0.4 is 11.1 Å². The van der Waals surface area contributed by atoms with E-state index in [1.165, 1.54) is 12.1 Å². The minimum Gasteiger partial charge on any atom is -0.452 e. The van der Waals surface area contributed by atoms with Crippen molar-refractivity contribution in [3.05, 3.63) is 90.0 Å². The number of benzene rings is 3. The van der Waals surface area contributed by atoms with Crippen molar-refractivity contribution in [2.24, 2.45) is 5.73 Å². The number of carbonyl (C=O) groups excluding carboxylic acids is 3. The number of amides is 2. The molecule has 140 valence electrons. The van der Waals surface area contributed by atoms with Crippen LogP contribution in [0, 0.1) is 0 Å². The first-order valence-electron chi connectivity index (χ1n) is 8.56. The van der Waals surface area contributed by atoms with Gasteiger partial charge in [0.15, 0.2) is 6.61 Å². The van der Waals surface area contributed by atoms with E-state index in [9.17, 15) is 14.4 Å². The first-order chi connectivity index (χ1) is 13.5. The van der Waals surface area contributed by atoms with E-state index in [1.54, 1.807) is 24.3 Å².